The number of aliphatic hydroxyl groups is 1. The Bertz CT molecular complexity index is 927. The highest BCUT2D eigenvalue weighted by molar-refractivity contribution is 7.47. The molecule has 9 heteroatoms. The fourth-order valence-corrected chi connectivity index (χ4v) is 7.89. The van der Waals surface area contributed by atoms with E-state index < -0.39 is 20.0 Å². The third-order valence-electron chi connectivity index (χ3n) is 11.0. The molecule has 3 atom stereocenters. The van der Waals surface area contributed by atoms with Gasteiger partial charge in [0.2, 0.25) is 5.91 Å². The summed E-state index contributed by atoms with van der Waals surface area (Å²) in [4.78, 5) is 23.2. The Hall–Kier alpha value is -0.760. The molecule has 1 amide bonds. The number of rotatable bonds is 44. The summed E-state index contributed by atoms with van der Waals surface area (Å²) < 4.78 is 23.6. The summed E-state index contributed by atoms with van der Waals surface area (Å²) in [6, 6.07) is -0.755. The number of phosphoric acid groups is 1. The normalized spacial score (nSPS) is 14.3. The maximum Gasteiger partial charge on any atom is 0.472 e. The minimum absolute atomic E-state index is 0.0768. The van der Waals surface area contributed by atoms with Crippen LogP contribution in [0, 0.1) is 0 Å². The molecule has 3 N–H and O–H groups in total. The van der Waals surface area contributed by atoms with Crippen LogP contribution < -0.4 is 5.32 Å². The molecule has 8 nitrogen and oxygen atoms in total. The van der Waals surface area contributed by atoms with E-state index in [2.05, 4.69) is 31.3 Å². The molecule has 0 aromatic heterocycles. The maximum absolute atomic E-state index is 12.9. The summed E-state index contributed by atoms with van der Waals surface area (Å²) in [5, 5.41) is 13.9. The summed E-state index contributed by atoms with van der Waals surface area (Å²) in [6.07, 6.45) is 45.3. The van der Waals surface area contributed by atoms with Gasteiger partial charge in [0.1, 0.15) is 13.2 Å². The van der Waals surface area contributed by atoms with Gasteiger partial charge in [-0.2, -0.15) is 0 Å². The number of nitrogens with one attached hydrogen (secondary N) is 1. The van der Waals surface area contributed by atoms with Crippen LogP contribution in [0.1, 0.15) is 232 Å². The van der Waals surface area contributed by atoms with E-state index >= 15 is 0 Å². The van der Waals surface area contributed by atoms with Crippen LogP contribution in [0.2, 0.25) is 0 Å². The number of unbranched alkanes of at least 4 members (excludes halogenated alkanes) is 29. The van der Waals surface area contributed by atoms with E-state index in [-0.39, 0.29) is 19.1 Å². The van der Waals surface area contributed by atoms with Crippen molar-refractivity contribution in [2.24, 2.45) is 0 Å². The van der Waals surface area contributed by atoms with Gasteiger partial charge in [0, 0.05) is 6.42 Å². The van der Waals surface area contributed by atoms with E-state index in [0.717, 1.165) is 38.5 Å². The van der Waals surface area contributed by atoms with E-state index in [9.17, 15) is 19.4 Å². The van der Waals surface area contributed by atoms with Crippen molar-refractivity contribution in [1.29, 1.82) is 0 Å². The first-order chi connectivity index (χ1) is 27.0. The molecule has 0 saturated heterocycles. The molecular formula is C47H96N2O6P+. The predicted molar refractivity (Wildman–Crippen MR) is 240 cm³/mol. The molecule has 0 radical (unpaired) electrons. The molecule has 0 heterocycles. The van der Waals surface area contributed by atoms with Gasteiger partial charge < -0.3 is 19.8 Å². The minimum atomic E-state index is -4.31. The lowest BCUT2D eigenvalue weighted by atomic mass is 10.0. The average Bonchev–Trinajstić information content (AvgIpc) is 3.15. The zero-order valence-corrected chi connectivity index (χ0v) is 38.8. The molecule has 0 aliphatic heterocycles. The molecule has 0 bridgehead atoms. The van der Waals surface area contributed by atoms with Crippen molar-refractivity contribution in [3.63, 3.8) is 0 Å². The van der Waals surface area contributed by atoms with Gasteiger partial charge in [0.15, 0.2) is 0 Å². The molecule has 0 rings (SSSR count). The minimum Gasteiger partial charge on any atom is -0.391 e. The second-order valence-corrected chi connectivity index (χ2v) is 19.3. The van der Waals surface area contributed by atoms with Crippen molar-refractivity contribution in [2.75, 3.05) is 40.9 Å². The molecular weight excluding hydrogens is 719 g/mol. The number of phosphoric ester groups is 1. The number of carbonyl (C=O) groups is 1. The quantitative estimate of drug-likeness (QED) is 0.0245. The SMILES string of the molecule is CCCCCCCC/C=C/CCCCCCCCCCCCCCCC(=O)N[C@@H](COP(=O)(O)OCC[N+](C)(C)C)[C@H](O)CCCCCCCCCCCCC. The van der Waals surface area contributed by atoms with Gasteiger partial charge in [-0.25, -0.2) is 4.57 Å². The Morgan fingerprint density at radius 3 is 1.38 bits per heavy atom. The lowest BCUT2D eigenvalue weighted by Gasteiger charge is -2.26. The smallest absolute Gasteiger partial charge is 0.391 e. The zero-order valence-electron chi connectivity index (χ0n) is 37.9. The molecule has 0 aromatic carbocycles. The molecule has 334 valence electrons. The molecule has 0 aliphatic carbocycles. The Balaban J connectivity index is 4.16. The fraction of sp³-hybridized carbons (Fsp3) is 0.936. The number of aliphatic hydroxyl groups excluding tert-OH is 1. The van der Waals surface area contributed by atoms with Crippen molar-refractivity contribution in [3.05, 3.63) is 12.2 Å². The number of quaternary nitrogens is 1. The number of allylic oxidation sites excluding steroid dienone is 2. The number of nitrogens with zero attached hydrogens (tertiary/aromatic N) is 1. The molecule has 0 fully saturated rings. The van der Waals surface area contributed by atoms with Crippen LogP contribution in [0.4, 0.5) is 0 Å². The number of hydrogen-bond acceptors (Lipinski definition) is 5. The monoisotopic (exact) mass is 816 g/mol. The molecule has 0 spiro atoms. The molecule has 1 unspecified atom stereocenters. The van der Waals surface area contributed by atoms with Gasteiger partial charge >= 0.3 is 7.82 Å². The number of carbonyl (C=O) groups excluding carboxylic acids is 1. The van der Waals surface area contributed by atoms with E-state index in [1.165, 1.54) is 167 Å². The van der Waals surface area contributed by atoms with Crippen molar-refractivity contribution in [2.45, 2.75) is 244 Å². The van der Waals surface area contributed by atoms with Crippen LogP contribution in [0.25, 0.3) is 0 Å². The average molecular weight is 816 g/mol. The van der Waals surface area contributed by atoms with Gasteiger partial charge in [-0.3, -0.25) is 13.8 Å². The van der Waals surface area contributed by atoms with Gasteiger partial charge in [0.05, 0.1) is 39.9 Å². The van der Waals surface area contributed by atoms with Crippen LogP contribution in [0.15, 0.2) is 12.2 Å². The first-order valence-electron chi connectivity index (χ1n) is 24.1. The Labute approximate surface area is 348 Å². The summed E-state index contributed by atoms with van der Waals surface area (Å²) in [6.45, 7) is 4.89. The zero-order chi connectivity index (χ0) is 41.4. The van der Waals surface area contributed by atoms with Gasteiger partial charge in [0.25, 0.3) is 0 Å². The van der Waals surface area contributed by atoms with Crippen LogP contribution in [0.5, 0.6) is 0 Å². The van der Waals surface area contributed by atoms with Crippen LogP contribution in [-0.4, -0.2) is 73.4 Å². The predicted octanol–water partition coefficient (Wildman–Crippen LogP) is 13.5. The second-order valence-electron chi connectivity index (χ2n) is 17.8. The van der Waals surface area contributed by atoms with Crippen LogP contribution in [0.3, 0.4) is 0 Å². The van der Waals surface area contributed by atoms with Crippen LogP contribution >= 0.6 is 7.82 Å². The van der Waals surface area contributed by atoms with Crippen LogP contribution in [-0.2, 0) is 18.4 Å². The molecule has 56 heavy (non-hydrogen) atoms. The highest BCUT2D eigenvalue weighted by Crippen LogP contribution is 2.43. The third kappa shape index (κ3) is 41.4. The molecule has 0 aromatic rings. The number of hydrogen-bond donors (Lipinski definition) is 3. The highest BCUT2D eigenvalue weighted by atomic mass is 31.2. The topological polar surface area (TPSA) is 105 Å². The van der Waals surface area contributed by atoms with Gasteiger partial charge in [-0.05, 0) is 38.5 Å². The molecule has 0 saturated carbocycles. The first-order valence-corrected chi connectivity index (χ1v) is 25.5. The highest BCUT2D eigenvalue weighted by Gasteiger charge is 2.28. The maximum atomic E-state index is 12.9. The van der Waals surface area contributed by atoms with Crippen molar-refractivity contribution in [3.8, 4) is 0 Å². The van der Waals surface area contributed by atoms with E-state index in [1.807, 2.05) is 21.1 Å². The van der Waals surface area contributed by atoms with E-state index in [0.29, 0.717) is 23.9 Å². The Morgan fingerprint density at radius 2 is 0.964 bits per heavy atom. The summed E-state index contributed by atoms with van der Waals surface area (Å²) >= 11 is 0. The Kier molecular flexibility index (Phi) is 39.1. The lowest BCUT2D eigenvalue weighted by molar-refractivity contribution is -0.870. The number of amides is 1. The molecule has 0 aliphatic rings. The third-order valence-corrected chi connectivity index (χ3v) is 12.0. The van der Waals surface area contributed by atoms with Gasteiger partial charge in [-0.15, -0.1) is 0 Å². The second kappa shape index (κ2) is 39.7. The lowest BCUT2D eigenvalue weighted by Crippen LogP contribution is -2.46. The van der Waals surface area contributed by atoms with Crippen molar-refractivity contribution < 1.29 is 32.9 Å². The standard InChI is InChI=1S/C47H95N2O6P/c1-6-8-10-12-14-16-18-19-20-21-22-23-24-25-26-27-28-29-31-33-35-37-39-41-47(51)48-45(44-55-56(52,53)54-43-42-49(3,4)5)46(50)40-38-36-34-32-30-17-15-13-11-9-7-2/h19-20,45-46,50H,6-18,21-44H2,1-5H3,(H-,48,51,52,53)/p+1/b20-19+/t45-,46+/m0/s1. The van der Waals surface area contributed by atoms with Gasteiger partial charge in [-0.1, -0.05) is 199 Å². The van der Waals surface area contributed by atoms with E-state index in [4.69, 9.17) is 9.05 Å². The fourth-order valence-electron chi connectivity index (χ4n) is 7.16. The number of likely N-dealkylation sites (N-methyl/N-ethyl adjacent to an activating group) is 1. The van der Waals surface area contributed by atoms with Crippen molar-refractivity contribution in [1.82, 2.24) is 5.32 Å². The summed E-state index contributed by atoms with van der Waals surface area (Å²) in [5.74, 6) is -0.143. The van der Waals surface area contributed by atoms with E-state index in [1.54, 1.807) is 0 Å². The van der Waals surface area contributed by atoms with Crippen molar-refractivity contribution >= 4 is 13.7 Å². The first kappa shape index (κ1) is 55.2. The largest absolute Gasteiger partial charge is 0.472 e. The summed E-state index contributed by atoms with van der Waals surface area (Å²) in [7, 11) is 1.62. The summed E-state index contributed by atoms with van der Waals surface area (Å²) in [5.41, 5.74) is 0. The Morgan fingerprint density at radius 1 is 0.589 bits per heavy atom.